The molecule has 0 aliphatic rings. The molecule has 0 bridgehead atoms. The lowest BCUT2D eigenvalue weighted by atomic mass is 10.3. The molecule has 32 heavy (non-hydrogen) atoms. The third-order valence-electron chi connectivity index (χ3n) is 4.04. The summed E-state index contributed by atoms with van der Waals surface area (Å²) in [7, 11) is -1.77. The van der Waals surface area contributed by atoms with Crippen molar-refractivity contribution >= 4 is 32.3 Å². The van der Waals surface area contributed by atoms with Crippen LogP contribution in [-0.4, -0.2) is 47.9 Å². The topological polar surface area (TPSA) is 97.3 Å². The lowest BCUT2D eigenvalue weighted by Crippen LogP contribution is -2.24. The molecule has 172 valence electrons. The second kappa shape index (κ2) is 9.00. The lowest BCUT2D eigenvalue weighted by molar-refractivity contribution is -0.138. The van der Waals surface area contributed by atoms with E-state index < -0.39 is 26.7 Å². The van der Waals surface area contributed by atoms with Crippen molar-refractivity contribution in [1.82, 2.24) is 19.3 Å². The highest BCUT2D eigenvalue weighted by atomic mass is 32.2. The second-order valence-corrected chi connectivity index (χ2v) is 10.0. The number of aromatic nitrogens is 3. The molecule has 1 N–H and O–H groups in total. The van der Waals surface area contributed by atoms with Gasteiger partial charge in [-0.2, -0.15) is 13.2 Å². The highest BCUT2D eigenvalue weighted by Crippen LogP contribution is 2.34. The zero-order chi connectivity index (χ0) is 23.7. The van der Waals surface area contributed by atoms with Crippen LogP contribution >= 0.6 is 11.3 Å². The number of halogens is 3. The molecular weight excluding hydrogens is 467 g/mol. The molecule has 0 unspecified atom stereocenters. The zero-order valence-corrected chi connectivity index (χ0v) is 19.1. The molecule has 0 fully saturated rings. The Morgan fingerprint density at radius 3 is 2.41 bits per heavy atom. The Hall–Kier alpha value is -2.77. The summed E-state index contributed by atoms with van der Waals surface area (Å²) in [4.78, 5) is 11.7. The minimum Gasteiger partial charge on any atom is -0.489 e. The summed E-state index contributed by atoms with van der Waals surface area (Å²) in [6.45, 7) is 3.79. The minimum absolute atomic E-state index is 0.00148. The van der Waals surface area contributed by atoms with E-state index in [4.69, 9.17) is 4.74 Å². The largest absolute Gasteiger partial charge is 0.489 e. The SMILES string of the molecule is CC(C)Oc1ccc(-c2csc(Nc3ncc(C(F)(F)F)cc3S(=O)(=O)N(C)C)n2)nc1. The molecular formula is C19H20F3N5O3S2. The van der Waals surface area contributed by atoms with Gasteiger partial charge in [0.1, 0.15) is 16.3 Å². The van der Waals surface area contributed by atoms with Crippen LogP contribution in [0.15, 0.2) is 40.9 Å². The van der Waals surface area contributed by atoms with Crippen molar-refractivity contribution in [3.63, 3.8) is 0 Å². The fourth-order valence-corrected chi connectivity index (χ4v) is 4.23. The smallest absolute Gasteiger partial charge is 0.417 e. The van der Waals surface area contributed by atoms with E-state index >= 15 is 0 Å². The molecule has 8 nitrogen and oxygen atoms in total. The summed E-state index contributed by atoms with van der Waals surface area (Å²) in [5.74, 6) is 0.339. The van der Waals surface area contributed by atoms with Crippen LogP contribution in [0.1, 0.15) is 19.4 Å². The average molecular weight is 488 g/mol. The van der Waals surface area contributed by atoms with Crippen LogP contribution in [0.4, 0.5) is 24.1 Å². The standard InChI is InChI=1S/C19H20F3N5O3S2/c1-11(2)30-13-5-6-14(23-9-13)15-10-31-18(25-15)26-17-16(32(28,29)27(3)4)7-12(8-24-17)19(20,21)22/h5-11H,1-4H3,(H,24,25,26). The first-order chi connectivity index (χ1) is 14.9. The molecule has 0 saturated heterocycles. The van der Waals surface area contributed by atoms with Crippen LogP contribution in [0.5, 0.6) is 5.75 Å². The maximum atomic E-state index is 13.1. The summed E-state index contributed by atoms with van der Waals surface area (Å²) < 4.78 is 70.9. The van der Waals surface area contributed by atoms with E-state index in [1.54, 1.807) is 23.7 Å². The predicted molar refractivity (Wildman–Crippen MR) is 115 cm³/mol. The number of pyridine rings is 2. The molecule has 0 aliphatic carbocycles. The van der Waals surface area contributed by atoms with Gasteiger partial charge in [-0.25, -0.2) is 22.7 Å². The molecule has 3 aromatic heterocycles. The number of anilines is 2. The van der Waals surface area contributed by atoms with E-state index in [9.17, 15) is 21.6 Å². The third-order valence-corrected chi connectivity index (χ3v) is 6.62. The monoisotopic (exact) mass is 487 g/mol. The van der Waals surface area contributed by atoms with Gasteiger partial charge in [-0.05, 0) is 32.0 Å². The van der Waals surface area contributed by atoms with E-state index in [1.165, 1.54) is 14.1 Å². The Kier molecular flexibility index (Phi) is 6.72. The van der Waals surface area contributed by atoms with Crippen molar-refractivity contribution < 1.29 is 26.3 Å². The number of sulfonamides is 1. The van der Waals surface area contributed by atoms with Gasteiger partial charge < -0.3 is 10.1 Å². The summed E-state index contributed by atoms with van der Waals surface area (Å²) in [5.41, 5.74) is -0.124. The van der Waals surface area contributed by atoms with E-state index in [-0.39, 0.29) is 17.1 Å². The van der Waals surface area contributed by atoms with E-state index in [1.807, 2.05) is 13.8 Å². The third kappa shape index (κ3) is 5.34. The number of alkyl halides is 3. The van der Waals surface area contributed by atoms with Crippen molar-refractivity contribution in [2.24, 2.45) is 0 Å². The number of rotatable bonds is 7. The molecule has 0 aliphatic heterocycles. The van der Waals surface area contributed by atoms with Gasteiger partial charge in [0, 0.05) is 25.7 Å². The number of nitrogens with one attached hydrogen (secondary N) is 1. The van der Waals surface area contributed by atoms with Gasteiger partial charge in [0.15, 0.2) is 10.9 Å². The van der Waals surface area contributed by atoms with E-state index in [0.717, 1.165) is 15.6 Å². The summed E-state index contributed by atoms with van der Waals surface area (Å²) in [6.07, 6.45) is -2.61. The Morgan fingerprint density at radius 2 is 1.84 bits per heavy atom. The molecule has 13 heteroatoms. The number of ether oxygens (including phenoxy) is 1. The number of thiazole rings is 1. The quantitative estimate of drug-likeness (QED) is 0.528. The molecule has 0 saturated carbocycles. The van der Waals surface area contributed by atoms with Gasteiger partial charge in [0.25, 0.3) is 0 Å². The van der Waals surface area contributed by atoms with Gasteiger partial charge >= 0.3 is 6.18 Å². The Balaban J connectivity index is 1.92. The molecule has 0 atom stereocenters. The summed E-state index contributed by atoms with van der Waals surface area (Å²) in [5, 5.41) is 4.63. The zero-order valence-electron chi connectivity index (χ0n) is 17.5. The average Bonchev–Trinajstić information content (AvgIpc) is 3.15. The van der Waals surface area contributed by atoms with Crippen molar-refractivity contribution in [2.45, 2.75) is 31.0 Å². The molecule has 0 aromatic carbocycles. The van der Waals surface area contributed by atoms with Gasteiger partial charge in [-0.1, -0.05) is 0 Å². The van der Waals surface area contributed by atoms with Crippen LogP contribution in [0, 0.1) is 0 Å². The Labute approximate surface area is 187 Å². The highest BCUT2D eigenvalue weighted by molar-refractivity contribution is 7.89. The lowest BCUT2D eigenvalue weighted by Gasteiger charge is -2.16. The first-order valence-corrected chi connectivity index (χ1v) is 11.6. The van der Waals surface area contributed by atoms with Crippen molar-refractivity contribution in [1.29, 1.82) is 0 Å². The molecule has 3 aromatic rings. The molecule has 0 radical (unpaired) electrons. The maximum absolute atomic E-state index is 13.1. The number of hydrogen-bond donors (Lipinski definition) is 1. The van der Waals surface area contributed by atoms with Crippen LogP contribution in [0.2, 0.25) is 0 Å². The van der Waals surface area contributed by atoms with Crippen LogP contribution in [-0.2, 0) is 16.2 Å². The summed E-state index contributed by atoms with van der Waals surface area (Å²) in [6, 6.07) is 4.01. The Bertz CT molecular complexity index is 1190. The van der Waals surface area contributed by atoms with Crippen molar-refractivity contribution in [2.75, 3.05) is 19.4 Å². The van der Waals surface area contributed by atoms with Crippen molar-refractivity contribution in [3.8, 4) is 17.1 Å². The van der Waals surface area contributed by atoms with E-state index in [0.29, 0.717) is 29.4 Å². The number of hydrogen-bond acceptors (Lipinski definition) is 8. The van der Waals surface area contributed by atoms with Crippen LogP contribution in [0.3, 0.4) is 0 Å². The molecule has 3 rings (SSSR count). The van der Waals surface area contributed by atoms with Gasteiger partial charge in [-0.15, -0.1) is 11.3 Å². The number of nitrogens with zero attached hydrogens (tertiary/aromatic N) is 4. The predicted octanol–water partition coefficient (Wildman–Crippen LogP) is 4.40. The molecule has 3 heterocycles. The van der Waals surface area contributed by atoms with Gasteiger partial charge in [-0.3, -0.25) is 4.98 Å². The minimum atomic E-state index is -4.74. The first-order valence-electron chi connectivity index (χ1n) is 9.23. The maximum Gasteiger partial charge on any atom is 0.417 e. The highest BCUT2D eigenvalue weighted by Gasteiger charge is 2.34. The fraction of sp³-hybridized carbons (Fsp3) is 0.316. The van der Waals surface area contributed by atoms with Crippen LogP contribution < -0.4 is 10.1 Å². The molecule has 0 spiro atoms. The van der Waals surface area contributed by atoms with Gasteiger partial charge in [0.2, 0.25) is 10.0 Å². The van der Waals surface area contributed by atoms with Gasteiger partial charge in [0.05, 0.1) is 23.6 Å². The van der Waals surface area contributed by atoms with Crippen molar-refractivity contribution in [3.05, 3.63) is 41.5 Å². The van der Waals surface area contributed by atoms with Crippen LogP contribution in [0.25, 0.3) is 11.4 Å². The Morgan fingerprint density at radius 1 is 1.12 bits per heavy atom. The fourth-order valence-electron chi connectivity index (χ4n) is 2.51. The molecule has 0 amide bonds. The second-order valence-electron chi connectivity index (χ2n) is 7.06. The summed E-state index contributed by atoms with van der Waals surface area (Å²) >= 11 is 1.13. The van der Waals surface area contributed by atoms with E-state index in [2.05, 4.69) is 20.3 Å². The normalized spacial score (nSPS) is 12.4. The first kappa shape index (κ1) is 23.9.